The Balaban J connectivity index is 1.52. The van der Waals surface area contributed by atoms with Crippen LogP contribution in [0, 0.1) is 24.2 Å². The highest BCUT2D eigenvalue weighted by molar-refractivity contribution is 5.45. The topological polar surface area (TPSA) is 12.5 Å². The molecule has 132 valence electrons. The van der Waals surface area contributed by atoms with Gasteiger partial charge in [-0.3, -0.25) is 4.90 Å². The lowest BCUT2D eigenvalue weighted by Crippen LogP contribution is -2.61. The molecule has 0 aromatic heterocycles. The first-order valence-electron chi connectivity index (χ1n) is 10.2. The summed E-state index contributed by atoms with van der Waals surface area (Å²) in [5.74, 6) is 5.41. The van der Waals surface area contributed by atoms with Crippen LogP contribution in [-0.2, 0) is 11.8 Å². The van der Waals surface area contributed by atoms with Gasteiger partial charge in [0.05, 0.1) is 0 Å². The van der Waals surface area contributed by atoms with Gasteiger partial charge in [-0.25, -0.2) is 0 Å². The number of terminal acetylenes is 1. The van der Waals surface area contributed by atoms with Gasteiger partial charge in [0.2, 0.25) is 0 Å². The zero-order valence-electron chi connectivity index (χ0n) is 15.2. The molecule has 1 aromatic rings. The van der Waals surface area contributed by atoms with Crippen LogP contribution < -0.4 is 4.74 Å². The summed E-state index contributed by atoms with van der Waals surface area (Å²) in [6.45, 7) is 3.02. The van der Waals surface area contributed by atoms with E-state index in [2.05, 4.69) is 29.0 Å². The van der Waals surface area contributed by atoms with Gasteiger partial charge in [-0.15, -0.1) is 6.42 Å². The Morgan fingerprint density at radius 1 is 1.20 bits per heavy atom. The van der Waals surface area contributed by atoms with Crippen LogP contribution in [0.5, 0.6) is 5.75 Å². The van der Waals surface area contributed by atoms with Crippen molar-refractivity contribution in [3.63, 3.8) is 0 Å². The molecule has 0 unspecified atom stereocenters. The van der Waals surface area contributed by atoms with Crippen molar-refractivity contribution in [2.45, 2.75) is 62.8 Å². The van der Waals surface area contributed by atoms with E-state index in [-0.39, 0.29) is 0 Å². The Morgan fingerprint density at radius 2 is 2.12 bits per heavy atom. The fourth-order valence-corrected chi connectivity index (χ4v) is 6.14. The van der Waals surface area contributed by atoms with E-state index in [0.717, 1.165) is 23.6 Å². The molecule has 3 atom stereocenters. The third-order valence-corrected chi connectivity index (χ3v) is 7.43. The normalized spacial score (nSPS) is 33.9. The highest BCUT2D eigenvalue weighted by Gasteiger charge is 2.54. The van der Waals surface area contributed by atoms with Crippen molar-refractivity contribution in [1.82, 2.24) is 4.90 Å². The average Bonchev–Trinajstić information content (AvgIpc) is 3.46. The Kier molecular flexibility index (Phi) is 3.82. The molecule has 0 radical (unpaired) electrons. The minimum absolute atomic E-state index is 0.368. The predicted octanol–water partition coefficient (Wildman–Crippen LogP) is 4.17. The van der Waals surface area contributed by atoms with Gasteiger partial charge < -0.3 is 4.74 Å². The van der Waals surface area contributed by atoms with Crippen molar-refractivity contribution in [3.8, 4) is 18.1 Å². The lowest BCUT2D eigenvalue weighted by Gasteiger charge is -2.59. The van der Waals surface area contributed by atoms with Crippen molar-refractivity contribution in [2.75, 3.05) is 19.7 Å². The molecule has 1 heterocycles. The van der Waals surface area contributed by atoms with Crippen LogP contribution in [0.15, 0.2) is 18.2 Å². The summed E-state index contributed by atoms with van der Waals surface area (Å²) in [6.07, 6.45) is 16.5. The highest BCUT2D eigenvalue weighted by atomic mass is 16.5. The third-order valence-electron chi connectivity index (χ3n) is 7.43. The van der Waals surface area contributed by atoms with Crippen LogP contribution in [-0.4, -0.2) is 30.6 Å². The van der Waals surface area contributed by atoms with Crippen LogP contribution in [0.1, 0.15) is 56.1 Å². The van der Waals surface area contributed by atoms with Gasteiger partial charge in [0, 0.05) is 18.0 Å². The summed E-state index contributed by atoms with van der Waals surface area (Å²) >= 11 is 0. The maximum Gasteiger partial charge on any atom is 0.148 e. The lowest BCUT2D eigenvalue weighted by atomic mass is 9.52. The summed E-state index contributed by atoms with van der Waals surface area (Å²) in [5.41, 5.74) is 3.59. The first-order valence-corrected chi connectivity index (χ1v) is 10.2. The van der Waals surface area contributed by atoms with Crippen LogP contribution in [0.4, 0.5) is 0 Å². The summed E-state index contributed by atoms with van der Waals surface area (Å²) in [4.78, 5) is 2.87. The minimum atomic E-state index is 0.368. The van der Waals surface area contributed by atoms with Crippen LogP contribution >= 0.6 is 0 Å². The van der Waals surface area contributed by atoms with E-state index in [1.165, 1.54) is 64.5 Å². The molecular formula is C23H29NO. The van der Waals surface area contributed by atoms with E-state index in [1.807, 2.05) is 0 Å². The van der Waals surface area contributed by atoms with Gasteiger partial charge in [0.1, 0.15) is 12.4 Å². The monoisotopic (exact) mass is 335 g/mol. The first kappa shape index (κ1) is 15.8. The van der Waals surface area contributed by atoms with Gasteiger partial charge in [-0.05, 0) is 80.2 Å². The largest absolute Gasteiger partial charge is 0.481 e. The van der Waals surface area contributed by atoms with Crippen LogP contribution in [0.25, 0.3) is 0 Å². The van der Waals surface area contributed by atoms with E-state index in [4.69, 9.17) is 11.2 Å². The number of likely N-dealkylation sites (tertiary alicyclic amines) is 1. The number of piperidine rings is 1. The maximum atomic E-state index is 5.77. The van der Waals surface area contributed by atoms with Gasteiger partial charge >= 0.3 is 0 Å². The summed E-state index contributed by atoms with van der Waals surface area (Å²) in [5, 5.41) is 0. The zero-order chi connectivity index (χ0) is 16.9. The molecule has 25 heavy (non-hydrogen) atoms. The molecule has 2 heteroatoms. The third kappa shape index (κ3) is 2.59. The predicted molar refractivity (Wildman–Crippen MR) is 101 cm³/mol. The molecule has 0 N–H and O–H groups in total. The maximum absolute atomic E-state index is 5.77. The zero-order valence-corrected chi connectivity index (χ0v) is 15.2. The SMILES string of the molecule is C#CCOc1ccc2c(c1)[C@@]13CCCC[C@H]1[C@@H](C2)N(CC1CC1)CC3. The quantitative estimate of drug-likeness (QED) is 0.766. The molecule has 4 aliphatic rings. The van der Waals surface area contributed by atoms with E-state index in [1.54, 1.807) is 11.1 Å². The molecule has 1 saturated heterocycles. The Bertz CT molecular complexity index is 701. The first-order chi connectivity index (χ1) is 12.3. The number of nitrogens with zero attached hydrogens (tertiary/aromatic N) is 1. The number of benzene rings is 1. The van der Waals surface area contributed by atoms with Crippen LogP contribution in [0.2, 0.25) is 0 Å². The number of hydrogen-bond acceptors (Lipinski definition) is 2. The van der Waals surface area contributed by atoms with Crippen molar-refractivity contribution < 1.29 is 4.74 Å². The van der Waals surface area contributed by atoms with Crippen LogP contribution in [0.3, 0.4) is 0 Å². The van der Waals surface area contributed by atoms with Crippen molar-refractivity contribution >= 4 is 0 Å². The molecule has 0 amide bonds. The van der Waals surface area contributed by atoms with E-state index >= 15 is 0 Å². The van der Waals surface area contributed by atoms with E-state index in [9.17, 15) is 0 Å². The standard InChI is InChI=1S/C23H29NO/c1-2-13-25-19-9-8-18-14-22-20-5-3-4-10-23(20,21(18)15-19)11-12-24(22)16-17-6-7-17/h1,8-9,15,17,20,22H,3-7,10-14,16H2/t20-,22+,23+/m0/s1. The van der Waals surface area contributed by atoms with Gasteiger partial charge in [-0.1, -0.05) is 24.8 Å². The molecule has 3 fully saturated rings. The number of rotatable bonds is 4. The molecule has 1 aromatic carbocycles. The molecule has 2 nitrogen and oxygen atoms in total. The second-order valence-electron chi connectivity index (χ2n) is 8.78. The van der Waals surface area contributed by atoms with Crippen molar-refractivity contribution in [3.05, 3.63) is 29.3 Å². The molecule has 5 rings (SSSR count). The second kappa shape index (κ2) is 6.06. The molecule has 2 saturated carbocycles. The van der Waals surface area contributed by atoms with Gasteiger partial charge in [0.25, 0.3) is 0 Å². The molecule has 1 aliphatic heterocycles. The summed E-state index contributed by atoms with van der Waals surface area (Å²) in [6, 6.07) is 7.59. The Labute approximate surface area is 151 Å². The fourth-order valence-electron chi connectivity index (χ4n) is 6.14. The number of ether oxygens (including phenoxy) is 1. The smallest absolute Gasteiger partial charge is 0.148 e. The average molecular weight is 335 g/mol. The molecule has 2 bridgehead atoms. The van der Waals surface area contributed by atoms with Crippen molar-refractivity contribution in [1.29, 1.82) is 0 Å². The molecule has 3 aliphatic carbocycles. The van der Waals surface area contributed by atoms with Gasteiger partial charge in [-0.2, -0.15) is 0 Å². The minimum Gasteiger partial charge on any atom is -0.481 e. The van der Waals surface area contributed by atoms with Gasteiger partial charge in [0.15, 0.2) is 0 Å². The fraction of sp³-hybridized carbons (Fsp3) is 0.652. The van der Waals surface area contributed by atoms with E-state index < -0.39 is 0 Å². The molecular weight excluding hydrogens is 306 g/mol. The molecule has 0 spiro atoms. The number of hydrogen-bond donors (Lipinski definition) is 0. The summed E-state index contributed by atoms with van der Waals surface area (Å²) < 4.78 is 5.77. The summed E-state index contributed by atoms with van der Waals surface area (Å²) in [7, 11) is 0. The number of fused-ring (bicyclic) bond motifs is 1. The Hall–Kier alpha value is -1.46. The highest BCUT2D eigenvalue weighted by Crippen LogP contribution is 2.56. The lowest BCUT2D eigenvalue weighted by molar-refractivity contribution is -0.0134. The second-order valence-corrected chi connectivity index (χ2v) is 8.78. The van der Waals surface area contributed by atoms with Crippen molar-refractivity contribution in [2.24, 2.45) is 11.8 Å². The van der Waals surface area contributed by atoms with E-state index in [0.29, 0.717) is 12.0 Å². The Morgan fingerprint density at radius 3 is 2.96 bits per heavy atom.